The molecule has 0 saturated carbocycles. The van der Waals surface area contributed by atoms with Gasteiger partial charge >= 0.3 is 5.97 Å². The third kappa shape index (κ3) is 1.89. The Morgan fingerprint density at radius 1 is 1.43 bits per heavy atom. The lowest BCUT2D eigenvalue weighted by atomic mass is 9.69. The molecule has 2 aliphatic heterocycles. The third-order valence-corrected chi connectivity index (χ3v) is 5.23. The molecule has 0 unspecified atom stereocenters. The van der Waals surface area contributed by atoms with E-state index in [4.69, 9.17) is 4.74 Å². The molecule has 1 aliphatic carbocycles. The van der Waals surface area contributed by atoms with Gasteiger partial charge in [-0.3, -0.25) is 14.5 Å². The molecule has 0 bridgehead atoms. The predicted octanol–water partition coefficient (Wildman–Crippen LogP) is 2.14. The summed E-state index contributed by atoms with van der Waals surface area (Å²) in [5, 5.41) is 2.91. The Morgan fingerprint density at radius 2 is 2.22 bits per heavy atom. The molecule has 0 fully saturated rings. The summed E-state index contributed by atoms with van der Waals surface area (Å²) < 4.78 is 5.64. The molecule has 5 nitrogen and oxygen atoms in total. The minimum absolute atomic E-state index is 0.143. The van der Waals surface area contributed by atoms with E-state index >= 15 is 0 Å². The number of anilines is 1. The van der Waals surface area contributed by atoms with Crippen molar-refractivity contribution >= 4 is 17.6 Å². The van der Waals surface area contributed by atoms with Crippen LogP contribution in [0.3, 0.4) is 0 Å². The van der Waals surface area contributed by atoms with Gasteiger partial charge in [0.1, 0.15) is 0 Å². The second-order valence-electron chi connectivity index (χ2n) is 6.87. The molecule has 1 aromatic rings. The molecule has 2 heterocycles. The lowest BCUT2D eigenvalue weighted by Gasteiger charge is -2.46. The van der Waals surface area contributed by atoms with Gasteiger partial charge in [0, 0.05) is 43.1 Å². The standard InChI is InChI=1S/C18H20N2O3/c1-10-7-13-12-5-4-6-14-16(12)18(17(22)19-14,23-11(2)21)8-15(13)20(3)9-10/h4-7,13,15H,8-9H2,1-3H3,(H,19,22)/t13-,15-,18-/m1/s1. The van der Waals surface area contributed by atoms with Crippen LogP contribution in [0.4, 0.5) is 5.69 Å². The van der Waals surface area contributed by atoms with Gasteiger partial charge in [-0.05, 0) is 25.6 Å². The molecular formula is C18H20N2O3. The molecule has 5 heteroatoms. The average Bonchev–Trinajstić information content (AvgIpc) is 2.74. The largest absolute Gasteiger partial charge is 0.444 e. The highest BCUT2D eigenvalue weighted by Crippen LogP contribution is 2.53. The first-order chi connectivity index (χ1) is 10.9. The summed E-state index contributed by atoms with van der Waals surface area (Å²) in [6.45, 7) is 4.37. The van der Waals surface area contributed by atoms with Crippen LogP contribution in [0.1, 0.15) is 37.3 Å². The van der Waals surface area contributed by atoms with Crippen molar-refractivity contribution in [1.29, 1.82) is 0 Å². The molecule has 1 amide bonds. The van der Waals surface area contributed by atoms with Crippen LogP contribution >= 0.6 is 0 Å². The number of amides is 1. The topological polar surface area (TPSA) is 58.6 Å². The second-order valence-corrected chi connectivity index (χ2v) is 6.87. The fourth-order valence-corrected chi connectivity index (χ4v) is 4.45. The molecule has 1 N–H and O–H groups in total. The van der Waals surface area contributed by atoms with Crippen LogP contribution in [0, 0.1) is 0 Å². The summed E-state index contributed by atoms with van der Waals surface area (Å²) in [7, 11) is 2.07. The second kappa shape index (κ2) is 4.68. The molecule has 0 radical (unpaired) electrons. The molecule has 0 spiro atoms. The van der Waals surface area contributed by atoms with Gasteiger partial charge in [-0.1, -0.05) is 23.8 Å². The van der Waals surface area contributed by atoms with Gasteiger partial charge < -0.3 is 10.1 Å². The number of hydrogen-bond acceptors (Lipinski definition) is 4. The highest BCUT2D eigenvalue weighted by Gasteiger charge is 2.57. The quantitative estimate of drug-likeness (QED) is 0.637. The van der Waals surface area contributed by atoms with Gasteiger partial charge in [0.25, 0.3) is 5.91 Å². The summed E-state index contributed by atoms with van der Waals surface area (Å²) in [5.41, 5.74) is 2.84. The molecule has 4 rings (SSSR count). The Balaban J connectivity index is 1.96. The molecular weight excluding hydrogens is 292 g/mol. The number of carbonyl (C=O) groups excluding carboxylic acids is 2. The zero-order valence-electron chi connectivity index (χ0n) is 13.6. The highest BCUT2D eigenvalue weighted by molar-refractivity contribution is 6.07. The van der Waals surface area contributed by atoms with Crippen molar-refractivity contribution in [3.05, 3.63) is 41.0 Å². The van der Waals surface area contributed by atoms with Crippen LogP contribution in [-0.4, -0.2) is 36.4 Å². The number of esters is 1. The van der Waals surface area contributed by atoms with Crippen molar-refractivity contribution in [3.8, 4) is 0 Å². The van der Waals surface area contributed by atoms with Gasteiger partial charge in [-0.15, -0.1) is 0 Å². The van der Waals surface area contributed by atoms with Gasteiger partial charge in [-0.25, -0.2) is 0 Å². The van der Waals surface area contributed by atoms with E-state index in [0.717, 1.165) is 23.4 Å². The van der Waals surface area contributed by atoms with Gasteiger partial charge in [0.2, 0.25) is 5.60 Å². The number of carbonyl (C=O) groups is 2. The number of ether oxygens (including phenoxy) is 1. The summed E-state index contributed by atoms with van der Waals surface area (Å²) in [5.74, 6) is -0.431. The van der Waals surface area contributed by atoms with E-state index in [0.29, 0.717) is 6.42 Å². The fourth-order valence-electron chi connectivity index (χ4n) is 4.45. The van der Waals surface area contributed by atoms with E-state index < -0.39 is 11.6 Å². The number of benzene rings is 1. The first-order valence-electron chi connectivity index (χ1n) is 7.94. The maximum Gasteiger partial charge on any atom is 0.304 e. The first kappa shape index (κ1) is 14.5. The van der Waals surface area contributed by atoms with Gasteiger partial charge in [0.15, 0.2) is 0 Å². The number of nitrogens with zero attached hydrogens (tertiary/aromatic N) is 1. The third-order valence-electron chi connectivity index (χ3n) is 5.23. The van der Waals surface area contributed by atoms with Crippen LogP contribution in [-0.2, 0) is 19.9 Å². The van der Waals surface area contributed by atoms with Gasteiger partial charge in [-0.2, -0.15) is 0 Å². The van der Waals surface area contributed by atoms with Crippen LogP contribution in [0.5, 0.6) is 0 Å². The van der Waals surface area contributed by atoms with Gasteiger partial charge in [0.05, 0.1) is 0 Å². The Morgan fingerprint density at radius 3 is 2.96 bits per heavy atom. The maximum atomic E-state index is 12.7. The Kier molecular flexibility index (Phi) is 2.94. The number of likely N-dealkylation sites (N-methyl/N-ethyl adjacent to an activating group) is 1. The number of fused-ring (bicyclic) bond motifs is 2. The average molecular weight is 312 g/mol. The molecule has 0 saturated heterocycles. The van der Waals surface area contributed by atoms with Crippen LogP contribution in [0.25, 0.3) is 0 Å². The smallest absolute Gasteiger partial charge is 0.304 e. The summed E-state index contributed by atoms with van der Waals surface area (Å²) in [6, 6.07) is 6.03. The lowest BCUT2D eigenvalue weighted by molar-refractivity contribution is -0.168. The molecule has 1 aromatic carbocycles. The first-order valence-corrected chi connectivity index (χ1v) is 7.94. The van der Waals surface area contributed by atoms with E-state index in [1.807, 2.05) is 12.1 Å². The summed E-state index contributed by atoms with van der Waals surface area (Å²) in [6.07, 6.45) is 2.79. The van der Waals surface area contributed by atoms with Crippen LogP contribution < -0.4 is 5.32 Å². The van der Waals surface area contributed by atoms with Crippen molar-refractivity contribution in [1.82, 2.24) is 4.90 Å². The SMILES string of the molecule is CC(=O)O[C@]12C[C@@H]3[C@H](C=C(C)CN3C)c3cccc(c31)NC2=O. The Bertz CT molecular complexity index is 755. The van der Waals surface area contributed by atoms with Crippen molar-refractivity contribution in [2.45, 2.75) is 37.8 Å². The van der Waals surface area contributed by atoms with Crippen LogP contribution in [0.2, 0.25) is 0 Å². The van der Waals surface area contributed by atoms with E-state index in [1.54, 1.807) is 0 Å². The zero-order valence-corrected chi connectivity index (χ0v) is 13.6. The number of hydrogen-bond donors (Lipinski definition) is 1. The normalized spacial score (nSPS) is 31.8. The number of nitrogens with one attached hydrogen (secondary N) is 1. The minimum Gasteiger partial charge on any atom is -0.444 e. The van der Waals surface area contributed by atoms with Crippen molar-refractivity contribution in [3.63, 3.8) is 0 Å². The minimum atomic E-state index is -1.19. The van der Waals surface area contributed by atoms with Crippen molar-refractivity contribution < 1.29 is 14.3 Å². The highest BCUT2D eigenvalue weighted by atomic mass is 16.6. The number of rotatable bonds is 1. The van der Waals surface area contributed by atoms with E-state index in [9.17, 15) is 9.59 Å². The fraction of sp³-hybridized carbons (Fsp3) is 0.444. The van der Waals surface area contributed by atoms with Crippen LogP contribution in [0.15, 0.2) is 29.8 Å². The molecule has 23 heavy (non-hydrogen) atoms. The zero-order chi connectivity index (χ0) is 16.4. The lowest BCUT2D eigenvalue weighted by Crippen LogP contribution is -2.52. The molecule has 0 aromatic heterocycles. The molecule has 120 valence electrons. The Hall–Kier alpha value is -2.14. The predicted molar refractivity (Wildman–Crippen MR) is 86.0 cm³/mol. The van der Waals surface area contributed by atoms with E-state index in [-0.39, 0.29) is 17.9 Å². The van der Waals surface area contributed by atoms with E-state index in [1.165, 1.54) is 12.5 Å². The Labute approximate surface area is 135 Å². The summed E-state index contributed by atoms with van der Waals surface area (Å²) >= 11 is 0. The molecule has 3 atom stereocenters. The molecule has 3 aliphatic rings. The van der Waals surface area contributed by atoms with Crippen molar-refractivity contribution in [2.24, 2.45) is 0 Å². The summed E-state index contributed by atoms with van der Waals surface area (Å²) in [4.78, 5) is 26.7. The van der Waals surface area contributed by atoms with Crippen molar-refractivity contribution in [2.75, 3.05) is 18.9 Å². The maximum absolute atomic E-state index is 12.7. The monoisotopic (exact) mass is 312 g/mol. The van der Waals surface area contributed by atoms with E-state index in [2.05, 4.69) is 36.3 Å².